The smallest absolute Gasteiger partial charge is 0.266 e. The van der Waals surface area contributed by atoms with Gasteiger partial charge in [0.05, 0.1) is 16.6 Å². The molecular weight excluding hydrogens is 282 g/mol. The molecule has 0 unspecified atom stereocenters. The Hall–Kier alpha value is -2.40. The first-order valence-electron chi connectivity index (χ1n) is 6.60. The number of benzene rings is 2. The summed E-state index contributed by atoms with van der Waals surface area (Å²) in [5.41, 5.74) is 2.43. The lowest BCUT2D eigenvalue weighted by Crippen LogP contribution is -2.20. The van der Waals surface area contributed by atoms with E-state index < -0.39 is 0 Å². The lowest BCUT2D eigenvalue weighted by atomic mass is 10.2. The predicted octanol–water partition coefficient (Wildman–Crippen LogP) is 3.11. The molecule has 0 aliphatic rings. The first-order valence-corrected chi connectivity index (χ1v) is 7.00. The average molecular weight is 297 g/mol. The number of para-hydroxylation sites is 1. The molecule has 0 saturated carbocycles. The quantitative estimate of drug-likeness (QED) is 0.739. The van der Waals surface area contributed by atoms with Gasteiger partial charge in [0.2, 0.25) is 0 Å². The van der Waals surface area contributed by atoms with Gasteiger partial charge in [-0.05, 0) is 42.5 Å². The van der Waals surface area contributed by atoms with E-state index in [4.69, 9.17) is 12.2 Å². The fraction of sp³-hybridized carbons (Fsp3) is 0.125. The zero-order valence-electron chi connectivity index (χ0n) is 11.8. The summed E-state index contributed by atoms with van der Waals surface area (Å²) < 4.78 is 1.93. The van der Waals surface area contributed by atoms with Crippen LogP contribution in [0.4, 0.5) is 5.69 Å². The van der Waals surface area contributed by atoms with E-state index in [1.807, 2.05) is 61.5 Å². The maximum atomic E-state index is 12.7. The molecule has 1 N–H and O–H groups in total. The Morgan fingerprint density at radius 1 is 1.10 bits per heavy atom. The third kappa shape index (κ3) is 2.36. The Bertz CT molecular complexity index is 924. The molecule has 3 aromatic rings. The van der Waals surface area contributed by atoms with Crippen LogP contribution < -0.4 is 10.5 Å². The van der Waals surface area contributed by atoms with Crippen molar-refractivity contribution in [1.29, 1.82) is 0 Å². The van der Waals surface area contributed by atoms with Gasteiger partial charge in [-0.3, -0.25) is 9.36 Å². The molecule has 0 bridgehead atoms. The Morgan fingerprint density at radius 3 is 2.62 bits per heavy atom. The average Bonchev–Trinajstić information content (AvgIpc) is 2.47. The van der Waals surface area contributed by atoms with Crippen molar-refractivity contribution in [1.82, 2.24) is 9.55 Å². The van der Waals surface area contributed by atoms with E-state index >= 15 is 0 Å². The molecule has 0 aliphatic heterocycles. The van der Waals surface area contributed by atoms with Crippen molar-refractivity contribution in [3.8, 4) is 5.69 Å². The maximum absolute atomic E-state index is 12.7. The van der Waals surface area contributed by atoms with E-state index in [1.165, 1.54) is 4.57 Å². The van der Waals surface area contributed by atoms with Crippen molar-refractivity contribution >= 4 is 28.8 Å². The summed E-state index contributed by atoms with van der Waals surface area (Å²) in [7, 11) is 3.92. The highest BCUT2D eigenvalue weighted by Gasteiger charge is 2.08. The van der Waals surface area contributed by atoms with Gasteiger partial charge in [-0.15, -0.1) is 0 Å². The molecule has 1 heterocycles. The Balaban J connectivity index is 2.33. The molecule has 2 aromatic carbocycles. The summed E-state index contributed by atoms with van der Waals surface area (Å²) in [6, 6.07) is 15.1. The minimum Gasteiger partial charge on any atom is -0.378 e. The van der Waals surface area contributed by atoms with E-state index in [-0.39, 0.29) is 5.56 Å². The third-order valence-electron chi connectivity index (χ3n) is 3.41. The van der Waals surface area contributed by atoms with E-state index in [1.54, 1.807) is 6.07 Å². The summed E-state index contributed by atoms with van der Waals surface area (Å²) >= 11 is 5.35. The maximum Gasteiger partial charge on any atom is 0.266 e. The van der Waals surface area contributed by atoms with E-state index in [0.717, 1.165) is 16.9 Å². The zero-order chi connectivity index (χ0) is 15.0. The third-order valence-corrected chi connectivity index (χ3v) is 3.69. The number of aromatic amines is 1. The Morgan fingerprint density at radius 2 is 1.86 bits per heavy atom. The molecule has 21 heavy (non-hydrogen) atoms. The Kier molecular flexibility index (Phi) is 3.35. The highest BCUT2D eigenvalue weighted by Crippen LogP contribution is 2.17. The molecule has 106 valence electrons. The second-order valence-electron chi connectivity index (χ2n) is 5.03. The molecule has 0 amide bonds. The van der Waals surface area contributed by atoms with Gasteiger partial charge in [-0.1, -0.05) is 18.2 Å². The van der Waals surface area contributed by atoms with Crippen LogP contribution in [0, 0.1) is 4.77 Å². The lowest BCUT2D eigenvalue weighted by molar-refractivity contribution is 0.938. The summed E-state index contributed by atoms with van der Waals surface area (Å²) in [5, 5.41) is 0.626. The normalized spacial score (nSPS) is 10.8. The second kappa shape index (κ2) is 5.18. The van der Waals surface area contributed by atoms with E-state index in [0.29, 0.717) is 10.2 Å². The lowest BCUT2D eigenvalue weighted by Gasteiger charge is -2.14. The summed E-state index contributed by atoms with van der Waals surface area (Å²) in [6.07, 6.45) is 0. The van der Waals surface area contributed by atoms with Crippen LogP contribution in [0.3, 0.4) is 0 Å². The van der Waals surface area contributed by atoms with Crippen molar-refractivity contribution in [2.24, 2.45) is 0 Å². The molecule has 3 rings (SSSR count). The Labute approximate surface area is 127 Å². The van der Waals surface area contributed by atoms with Crippen LogP contribution in [-0.2, 0) is 0 Å². The van der Waals surface area contributed by atoms with Gasteiger partial charge in [0.25, 0.3) is 5.56 Å². The zero-order valence-corrected chi connectivity index (χ0v) is 12.6. The number of anilines is 1. The number of aromatic nitrogens is 2. The minimum atomic E-state index is -0.106. The molecule has 5 heteroatoms. The number of fused-ring (bicyclic) bond motifs is 1. The van der Waals surface area contributed by atoms with Gasteiger partial charge in [0, 0.05) is 19.8 Å². The number of nitrogens with one attached hydrogen (secondary N) is 1. The van der Waals surface area contributed by atoms with Gasteiger partial charge in [-0.2, -0.15) is 0 Å². The van der Waals surface area contributed by atoms with Crippen LogP contribution in [0.1, 0.15) is 0 Å². The van der Waals surface area contributed by atoms with Crippen molar-refractivity contribution in [3.63, 3.8) is 0 Å². The SMILES string of the molecule is CN(C)c1cccc(-n2c(=S)[nH]c3ccccc3c2=O)c1. The molecular formula is C16H15N3OS. The number of H-pyrrole nitrogens is 1. The fourth-order valence-corrected chi connectivity index (χ4v) is 2.61. The van der Waals surface area contributed by atoms with Crippen LogP contribution in [0.2, 0.25) is 0 Å². The van der Waals surface area contributed by atoms with Crippen molar-refractivity contribution in [2.45, 2.75) is 0 Å². The molecule has 0 radical (unpaired) electrons. The summed E-state index contributed by atoms with van der Waals surface area (Å²) in [4.78, 5) is 17.8. The van der Waals surface area contributed by atoms with Gasteiger partial charge < -0.3 is 9.88 Å². The predicted molar refractivity (Wildman–Crippen MR) is 89.1 cm³/mol. The highest BCUT2D eigenvalue weighted by molar-refractivity contribution is 7.71. The fourth-order valence-electron chi connectivity index (χ4n) is 2.31. The van der Waals surface area contributed by atoms with Crippen molar-refractivity contribution in [2.75, 3.05) is 19.0 Å². The first kappa shape index (κ1) is 13.6. The number of nitrogens with zero attached hydrogens (tertiary/aromatic N) is 2. The number of rotatable bonds is 2. The van der Waals surface area contributed by atoms with Crippen LogP contribution in [-0.4, -0.2) is 23.6 Å². The van der Waals surface area contributed by atoms with E-state index in [9.17, 15) is 4.79 Å². The van der Waals surface area contributed by atoms with Crippen LogP contribution >= 0.6 is 12.2 Å². The molecule has 1 aromatic heterocycles. The van der Waals surface area contributed by atoms with Gasteiger partial charge >= 0.3 is 0 Å². The molecule has 0 aliphatic carbocycles. The topological polar surface area (TPSA) is 41.0 Å². The second-order valence-corrected chi connectivity index (χ2v) is 5.42. The van der Waals surface area contributed by atoms with Crippen LogP contribution in [0.25, 0.3) is 16.6 Å². The monoisotopic (exact) mass is 297 g/mol. The van der Waals surface area contributed by atoms with Crippen LogP contribution in [0.15, 0.2) is 53.3 Å². The first-order chi connectivity index (χ1) is 10.1. The standard InChI is InChI=1S/C16H15N3OS/c1-18(2)11-6-5-7-12(10-11)19-15(20)13-8-3-4-9-14(13)17-16(19)21/h3-10H,1-2H3,(H,17,21). The summed E-state index contributed by atoms with van der Waals surface area (Å²) in [6.45, 7) is 0. The van der Waals surface area contributed by atoms with Crippen molar-refractivity contribution in [3.05, 3.63) is 63.7 Å². The van der Waals surface area contributed by atoms with Gasteiger partial charge in [0.1, 0.15) is 0 Å². The van der Waals surface area contributed by atoms with Crippen molar-refractivity contribution < 1.29 is 0 Å². The van der Waals surface area contributed by atoms with E-state index in [2.05, 4.69) is 4.98 Å². The van der Waals surface area contributed by atoms with Gasteiger partial charge in [0.15, 0.2) is 4.77 Å². The number of hydrogen-bond donors (Lipinski definition) is 1. The molecule has 0 atom stereocenters. The molecule has 4 nitrogen and oxygen atoms in total. The molecule has 0 spiro atoms. The molecule has 0 fully saturated rings. The van der Waals surface area contributed by atoms with Gasteiger partial charge in [-0.25, -0.2) is 0 Å². The van der Waals surface area contributed by atoms with Crippen LogP contribution in [0.5, 0.6) is 0 Å². The largest absolute Gasteiger partial charge is 0.378 e. The summed E-state index contributed by atoms with van der Waals surface area (Å²) in [5.74, 6) is 0. The number of hydrogen-bond acceptors (Lipinski definition) is 3. The highest BCUT2D eigenvalue weighted by atomic mass is 32.1. The molecule has 0 saturated heterocycles. The minimum absolute atomic E-state index is 0.106.